The molecule has 0 fully saturated rings. The highest BCUT2D eigenvalue weighted by atomic mass is 127. The van der Waals surface area contributed by atoms with E-state index in [9.17, 15) is 0 Å². The van der Waals surface area contributed by atoms with Gasteiger partial charge in [0.1, 0.15) is 0 Å². The summed E-state index contributed by atoms with van der Waals surface area (Å²) < 4.78 is 1.19. The van der Waals surface area contributed by atoms with Crippen LogP contribution in [-0.4, -0.2) is 5.71 Å². The zero-order valence-corrected chi connectivity index (χ0v) is 10.8. The molecular weight excluding hydrogens is 273 g/mol. The fourth-order valence-electron chi connectivity index (χ4n) is 0.691. The Bertz CT molecular complexity index is 274. The minimum absolute atomic E-state index is 1.02. The SMILES string of the molecule is C=C(C)/C=C\C(N=C(C)C)=C(/C)I. The number of aliphatic imine (C=N–C) groups is 1. The summed E-state index contributed by atoms with van der Waals surface area (Å²) in [4.78, 5) is 4.41. The van der Waals surface area contributed by atoms with E-state index < -0.39 is 0 Å². The molecule has 0 heterocycles. The van der Waals surface area contributed by atoms with E-state index in [0.29, 0.717) is 0 Å². The average molecular weight is 289 g/mol. The van der Waals surface area contributed by atoms with Crippen LogP contribution in [0.2, 0.25) is 0 Å². The zero-order valence-electron chi connectivity index (χ0n) is 8.69. The highest BCUT2D eigenvalue weighted by Gasteiger charge is 1.93. The molecule has 13 heavy (non-hydrogen) atoms. The van der Waals surface area contributed by atoms with E-state index in [1.165, 1.54) is 3.58 Å². The molecule has 0 rings (SSSR count). The number of rotatable bonds is 3. The summed E-state index contributed by atoms with van der Waals surface area (Å²) in [7, 11) is 0. The number of allylic oxidation sites excluding steroid dienone is 4. The molecule has 0 amide bonds. The Morgan fingerprint density at radius 1 is 1.15 bits per heavy atom. The van der Waals surface area contributed by atoms with Gasteiger partial charge in [-0.1, -0.05) is 18.2 Å². The molecule has 0 aliphatic carbocycles. The normalized spacial score (nSPS) is 12.7. The van der Waals surface area contributed by atoms with Crippen LogP contribution < -0.4 is 0 Å². The number of hydrogen-bond acceptors (Lipinski definition) is 1. The van der Waals surface area contributed by atoms with Gasteiger partial charge in [-0.15, -0.1) is 0 Å². The summed E-state index contributed by atoms with van der Waals surface area (Å²) in [5.74, 6) is 0. The van der Waals surface area contributed by atoms with Crippen LogP contribution in [0.4, 0.5) is 0 Å². The van der Waals surface area contributed by atoms with Crippen LogP contribution in [0.3, 0.4) is 0 Å². The largest absolute Gasteiger partial charge is 0.258 e. The van der Waals surface area contributed by atoms with Crippen molar-refractivity contribution in [2.45, 2.75) is 27.7 Å². The second-order valence-corrected chi connectivity index (χ2v) is 4.78. The Kier molecular flexibility index (Phi) is 5.95. The Hall–Kier alpha value is -0.380. The predicted octanol–water partition coefficient (Wildman–Crippen LogP) is 4.27. The Balaban J connectivity index is 4.78. The summed E-state index contributed by atoms with van der Waals surface area (Å²) in [6.45, 7) is 11.8. The summed E-state index contributed by atoms with van der Waals surface area (Å²) in [6, 6.07) is 0. The van der Waals surface area contributed by atoms with E-state index in [-0.39, 0.29) is 0 Å². The Morgan fingerprint density at radius 3 is 2.00 bits per heavy atom. The monoisotopic (exact) mass is 289 g/mol. The molecule has 0 radical (unpaired) electrons. The molecule has 0 atom stereocenters. The van der Waals surface area contributed by atoms with Gasteiger partial charge in [-0.2, -0.15) is 0 Å². The first-order valence-electron chi connectivity index (χ1n) is 4.15. The van der Waals surface area contributed by atoms with Gasteiger partial charge in [0.2, 0.25) is 0 Å². The maximum absolute atomic E-state index is 4.41. The average Bonchev–Trinajstić information content (AvgIpc) is 1.96. The van der Waals surface area contributed by atoms with Crippen molar-refractivity contribution in [2.75, 3.05) is 0 Å². The summed E-state index contributed by atoms with van der Waals surface area (Å²) >= 11 is 2.28. The van der Waals surface area contributed by atoms with Crippen molar-refractivity contribution in [3.63, 3.8) is 0 Å². The molecule has 0 aliphatic heterocycles. The first kappa shape index (κ1) is 12.6. The zero-order chi connectivity index (χ0) is 10.4. The minimum Gasteiger partial charge on any atom is -0.258 e. The van der Waals surface area contributed by atoms with Gasteiger partial charge in [0.25, 0.3) is 0 Å². The fraction of sp³-hybridized carbons (Fsp3) is 0.364. The van der Waals surface area contributed by atoms with E-state index in [1.807, 2.05) is 39.8 Å². The molecule has 0 aliphatic rings. The van der Waals surface area contributed by atoms with Gasteiger partial charge in [0.15, 0.2) is 0 Å². The van der Waals surface area contributed by atoms with Crippen molar-refractivity contribution in [1.82, 2.24) is 0 Å². The molecule has 0 N–H and O–H groups in total. The molecule has 2 heteroatoms. The van der Waals surface area contributed by atoms with Crippen LogP contribution in [0.1, 0.15) is 27.7 Å². The van der Waals surface area contributed by atoms with Gasteiger partial charge in [0, 0.05) is 9.29 Å². The van der Waals surface area contributed by atoms with Crippen molar-refractivity contribution in [2.24, 2.45) is 4.99 Å². The topological polar surface area (TPSA) is 12.4 Å². The van der Waals surface area contributed by atoms with Crippen LogP contribution in [-0.2, 0) is 0 Å². The molecule has 0 unspecified atom stereocenters. The molecule has 0 aromatic carbocycles. The lowest BCUT2D eigenvalue weighted by Crippen LogP contribution is -1.83. The lowest BCUT2D eigenvalue weighted by Gasteiger charge is -1.97. The van der Waals surface area contributed by atoms with E-state index in [2.05, 4.69) is 34.2 Å². The second kappa shape index (κ2) is 6.13. The van der Waals surface area contributed by atoms with Crippen molar-refractivity contribution in [1.29, 1.82) is 0 Å². The third kappa shape index (κ3) is 6.75. The van der Waals surface area contributed by atoms with E-state index in [0.717, 1.165) is 17.0 Å². The molecule has 0 saturated heterocycles. The summed E-state index contributed by atoms with van der Waals surface area (Å²) in [5, 5.41) is 0. The predicted molar refractivity (Wildman–Crippen MR) is 69.5 cm³/mol. The van der Waals surface area contributed by atoms with Crippen molar-refractivity contribution in [3.8, 4) is 0 Å². The van der Waals surface area contributed by atoms with Crippen LogP contribution in [0.25, 0.3) is 0 Å². The first-order chi connectivity index (χ1) is 5.93. The Labute approximate surface area is 94.5 Å². The van der Waals surface area contributed by atoms with Crippen LogP contribution >= 0.6 is 22.6 Å². The molecule has 0 aromatic heterocycles. The Morgan fingerprint density at radius 2 is 1.69 bits per heavy atom. The van der Waals surface area contributed by atoms with E-state index >= 15 is 0 Å². The van der Waals surface area contributed by atoms with Crippen molar-refractivity contribution < 1.29 is 0 Å². The van der Waals surface area contributed by atoms with Crippen molar-refractivity contribution in [3.05, 3.63) is 33.6 Å². The van der Waals surface area contributed by atoms with Gasteiger partial charge in [0.05, 0.1) is 5.70 Å². The number of hydrogen-bond donors (Lipinski definition) is 0. The molecular formula is C11H16IN. The minimum atomic E-state index is 1.02. The molecule has 1 nitrogen and oxygen atoms in total. The van der Waals surface area contributed by atoms with Gasteiger partial charge in [-0.3, -0.25) is 4.99 Å². The maximum Gasteiger partial charge on any atom is 0.0718 e. The van der Waals surface area contributed by atoms with E-state index in [1.54, 1.807) is 0 Å². The number of nitrogens with zero attached hydrogens (tertiary/aromatic N) is 1. The second-order valence-electron chi connectivity index (χ2n) is 3.16. The van der Waals surface area contributed by atoms with Gasteiger partial charge >= 0.3 is 0 Å². The smallest absolute Gasteiger partial charge is 0.0718 e. The first-order valence-corrected chi connectivity index (χ1v) is 5.23. The van der Waals surface area contributed by atoms with Crippen LogP contribution in [0.15, 0.2) is 38.6 Å². The summed E-state index contributed by atoms with van der Waals surface area (Å²) in [5.41, 5.74) is 3.13. The molecule has 72 valence electrons. The lowest BCUT2D eigenvalue weighted by atomic mass is 10.3. The van der Waals surface area contributed by atoms with Crippen molar-refractivity contribution >= 4 is 28.3 Å². The maximum atomic E-state index is 4.41. The molecule has 0 spiro atoms. The third-order valence-corrected chi connectivity index (χ3v) is 1.78. The molecule has 0 saturated carbocycles. The summed E-state index contributed by atoms with van der Waals surface area (Å²) in [6.07, 6.45) is 3.97. The quantitative estimate of drug-likeness (QED) is 0.418. The third-order valence-electron chi connectivity index (χ3n) is 1.22. The van der Waals surface area contributed by atoms with Gasteiger partial charge < -0.3 is 0 Å². The molecule has 0 aromatic rings. The fourth-order valence-corrected chi connectivity index (χ4v) is 0.992. The van der Waals surface area contributed by atoms with Crippen LogP contribution in [0.5, 0.6) is 0 Å². The highest BCUT2D eigenvalue weighted by molar-refractivity contribution is 14.1. The van der Waals surface area contributed by atoms with Gasteiger partial charge in [-0.25, -0.2) is 0 Å². The lowest BCUT2D eigenvalue weighted by molar-refractivity contribution is 1.34. The van der Waals surface area contributed by atoms with Gasteiger partial charge in [-0.05, 0) is 56.4 Å². The number of halogens is 1. The van der Waals surface area contributed by atoms with Crippen LogP contribution in [0, 0.1) is 0 Å². The standard InChI is InChI=1S/C11H16IN/c1-8(2)6-7-11(10(5)12)13-9(3)4/h6-7H,1H2,2-5H3/b7-6-,11-10-. The molecule has 0 bridgehead atoms. The highest BCUT2D eigenvalue weighted by Crippen LogP contribution is 2.15. The van der Waals surface area contributed by atoms with E-state index in [4.69, 9.17) is 0 Å².